The van der Waals surface area contributed by atoms with E-state index in [0.29, 0.717) is 22.5 Å². The molecule has 0 bridgehead atoms. The summed E-state index contributed by atoms with van der Waals surface area (Å²) in [5.41, 5.74) is 1.50. The molecule has 0 saturated carbocycles. The third kappa shape index (κ3) is 2.58. The van der Waals surface area contributed by atoms with Crippen molar-refractivity contribution in [3.8, 4) is 5.75 Å². The van der Waals surface area contributed by atoms with Crippen LogP contribution in [-0.2, 0) is 6.61 Å². The molecule has 0 aliphatic heterocycles. The molecule has 0 aliphatic carbocycles. The summed E-state index contributed by atoms with van der Waals surface area (Å²) in [5, 5.41) is 0.499. The van der Waals surface area contributed by atoms with Gasteiger partial charge in [-0.15, -0.1) is 0 Å². The molecule has 21 heavy (non-hydrogen) atoms. The van der Waals surface area contributed by atoms with Gasteiger partial charge in [0.1, 0.15) is 12.4 Å². The first-order valence-corrected chi connectivity index (χ1v) is 6.60. The van der Waals surface area contributed by atoms with E-state index in [9.17, 15) is 4.79 Å². The van der Waals surface area contributed by atoms with Gasteiger partial charge in [0.15, 0.2) is 5.82 Å². The molecular weight excluding hydrogens is 266 g/mol. The van der Waals surface area contributed by atoms with Crippen LogP contribution in [0.5, 0.6) is 5.75 Å². The third-order valence-corrected chi connectivity index (χ3v) is 3.27. The predicted octanol–water partition coefficient (Wildman–Crippen LogP) is 2.00. The Morgan fingerprint density at radius 2 is 1.86 bits per heavy atom. The summed E-state index contributed by atoms with van der Waals surface area (Å²) in [7, 11) is 0. The highest BCUT2D eigenvalue weighted by atomic mass is 16.5. The smallest absolute Gasteiger partial charge is 0.279 e. The zero-order valence-corrected chi connectivity index (χ0v) is 11.6. The summed E-state index contributed by atoms with van der Waals surface area (Å²) in [4.78, 5) is 16.5. The van der Waals surface area contributed by atoms with Crippen LogP contribution in [0.2, 0.25) is 0 Å². The molecule has 1 heterocycles. The maximum Gasteiger partial charge on any atom is 0.279 e. The van der Waals surface area contributed by atoms with Gasteiger partial charge in [0.25, 0.3) is 5.56 Å². The Morgan fingerprint density at radius 3 is 2.62 bits per heavy atom. The van der Waals surface area contributed by atoms with Gasteiger partial charge in [0.2, 0.25) is 0 Å². The van der Waals surface area contributed by atoms with Gasteiger partial charge in [0, 0.05) is 0 Å². The van der Waals surface area contributed by atoms with Gasteiger partial charge in [-0.05, 0) is 31.2 Å². The molecule has 0 atom stereocenters. The molecule has 3 rings (SSSR count). The molecule has 106 valence electrons. The molecule has 1 aromatic heterocycles. The lowest BCUT2D eigenvalue weighted by Gasteiger charge is -2.10. The lowest BCUT2D eigenvalue weighted by atomic mass is 10.2. The summed E-state index contributed by atoms with van der Waals surface area (Å²) >= 11 is 0. The van der Waals surface area contributed by atoms with Crippen LogP contribution in [0.3, 0.4) is 0 Å². The first kappa shape index (κ1) is 13.2. The molecule has 0 unspecified atom stereocenters. The Balaban J connectivity index is 1.92. The van der Waals surface area contributed by atoms with Gasteiger partial charge < -0.3 is 10.6 Å². The van der Waals surface area contributed by atoms with Crippen molar-refractivity contribution in [2.75, 3.05) is 5.84 Å². The second-order valence-electron chi connectivity index (χ2n) is 4.82. The number of benzene rings is 2. The monoisotopic (exact) mass is 281 g/mol. The zero-order valence-electron chi connectivity index (χ0n) is 11.6. The van der Waals surface area contributed by atoms with E-state index < -0.39 is 0 Å². The number of hydrogen-bond donors (Lipinski definition) is 1. The van der Waals surface area contributed by atoms with Crippen LogP contribution in [0.4, 0.5) is 0 Å². The van der Waals surface area contributed by atoms with E-state index in [-0.39, 0.29) is 12.2 Å². The molecule has 5 nitrogen and oxygen atoms in total. The SMILES string of the molecule is Cc1ccc(OCc2nc3ccccc3c(=O)n2N)cc1. The molecule has 0 spiro atoms. The van der Waals surface area contributed by atoms with E-state index in [1.54, 1.807) is 18.2 Å². The quantitative estimate of drug-likeness (QED) is 0.745. The van der Waals surface area contributed by atoms with Crippen LogP contribution in [0.15, 0.2) is 53.3 Å². The number of hydrogen-bond acceptors (Lipinski definition) is 4. The second kappa shape index (κ2) is 5.28. The molecule has 2 N–H and O–H groups in total. The molecule has 3 aromatic rings. The number of nitrogens with two attached hydrogens (primary N) is 1. The fraction of sp³-hybridized carbons (Fsp3) is 0.125. The minimum absolute atomic E-state index is 0.139. The number of ether oxygens (including phenoxy) is 1. The van der Waals surface area contributed by atoms with Gasteiger partial charge in [-0.25, -0.2) is 9.66 Å². The average Bonchev–Trinajstić information content (AvgIpc) is 2.51. The van der Waals surface area contributed by atoms with Crippen LogP contribution >= 0.6 is 0 Å². The minimum Gasteiger partial charge on any atom is -0.486 e. The Kier molecular flexibility index (Phi) is 3.31. The number of rotatable bonds is 3. The van der Waals surface area contributed by atoms with Gasteiger partial charge >= 0.3 is 0 Å². The summed E-state index contributed by atoms with van der Waals surface area (Å²) in [6.45, 7) is 2.14. The number of nitrogens with zero attached hydrogens (tertiary/aromatic N) is 2. The molecule has 0 saturated heterocycles. The summed E-state index contributed by atoms with van der Waals surface area (Å²) in [5.74, 6) is 6.90. The molecule has 0 fully saturated rings. The van der Waals surface area contributed by atoms with Crippen molar-refractivity contribution in [2.24, 2.45) is 0 Å². The van der Waals surface area contributed by atoms with Crippen molar-refractivity contribution in [1.82, 2.24) is 9.66 Å². The highest BCUT2D eigenvalue weighted by Crippen LogP contribution is 2.13. The van der Waals surface area contributed by atoms with E-state index >= 15 is 0 Å². The fourth-order valence-electron chi connectivity index (χ4n) is 2.08. The fourth-order valence-corrected chi connectivity index (χ4v) is 2.08. The van der Waals surface area contributed by atoms with Gasteiger partial charge in [-0.1, -0.05) is 29.8 Å². The van der Waals surface area contributed by atoms with Crippen molar-refractivity contribution in [3.05, 3.63) is 70.3 Å². The minimum atomic E-state index is -0.275. The number of nitrogen functional groups attached to an aromatic ring is 1. The normalized spacial score (nSPS) is 10.7. The molecule has 0 aliphatic rings. The predicted molar refractivity (Wildman–Crippen MR) is 81.7 cm³/mol. The standard InChI is InChI=1S/C16H15N3O2/c1-11-6-8-12(9-7-11)21-10-15-18-14-5-3-2-4-13(14)16(20)19(15)17/h2-9H,10,17H2,1H3. The number of para-hydroxylation sites is 1. The first-order valence-electron chi connectivity index (χ1n) is 6.60. The van der Waals surface area contributed by atoms with Crippen molar-refractivity contribution >= 4 is 10.9 Å². The lowest BCUT2D eigenvalue weighted by molar-refractivity contribution is 0.291. The first-order chi connectivity index (χ1) is 10.1. The van der Waals surface area contributed by atoms with Crippen molar-refractivity contribution < 1.29 is 4.74 Å². The maximum atomic E-state index is 12.1. The van der Waals surface area contributed by atoms with E-state index in [1.807, 2.05) is 37.3 Å². The van der Waals surface area contributed by atoms with Crippen LogP contribution in [0.25, 0.3) is 10.9 Å². The zero-order chi connectivity index (χ0) is 14.8. The van der Waals surface area contributed by atoms with Crippen molar-refractivity contribution in [3.63, 3.8) is 0 Å². The Hall–Kier alpha value is -2.82. The Morgan fingerprint density at radius 1 is 1.14 bits per heavy atom. The highest BCUT2D eigenvalue weighted by molar-refractivity contribution is 5.77. The lowest BCUT2D eigenvalue weighted by Crippen LogP contribution is -2.32. The number of aromatic nitrogens is 2. The Bertz CT molecular complexity index is 838. The molecule has 0 radical (unpaired) electrons. The van der Waals surface area contributed by atoms with Crippen LogP contribution < -0.4 is 16.1 Å². The number of aryl methyl sites for hydroxylation is 1. The van der Waals surface area contributed by atoms with E-state index in [2.05, 4.69) is 4.98 Å². The van der Waals surface area contributed by atoms with Gasteiger partial charge in [0.05, 0.1) is 10.9 Å². The average molecular weight is 281 g/mol. The van der Waals surface area contributed by atoms with Gasteiger partial charge in [-0.2, -0.15) is 0 Å². The van der Waals surface area contributed by atoms with E-state index in [4.69, 9.17) is 10.6 Å². The highest BCUT2D eigenvalue weighted by Gasteiger charge is 2.09. The summed E-state index contributed by atoms with van der Waals surface area (Å²) < 4.78 is 6.67. The van der Waals surface area contributed by atoms with Crippen LogP contribution in [0.1, 0.15) is 11.4 Å². The van der Waals surface area contributed by atoms with E-state index in [1.165, 1.54) is 0 Å². The molecule has 0 amide bonds. The number of fused-ring (bicyclic) bond motifs is 1. The maximum absolute atomic E-state index is 12.1. The summed E-state index contributed by atoms with van der Waals surface area (Å²) in [6.07, 6.45) is 0. The van der Waals surface area contributed by atoms with Gasteiger partial charge in [-0.3, -0.25) is 4.79 Å². The van der Waals surface area contributed by atoms with E-state index in [0.717, 1.165) is 10.2 Å². The largest absolute Gasteiger partial charge is 0.486 e. The van der Waals surface area contributed by atoms with Crippen molar-refractivity contribution in [1.29, 1.82) is 0 Å². The molecule has 2 aromatic carbocycles. The second-order valence-corrected chi connectivity index (χ2v) is 4.82. The van der Waals surface area contributed by atoms with Crippen LogP contribution in [-0.4, -0.2) is 9.66 Å². The third-order valence-electron chi connectivity index (χ3n) is 3.27. The van der Waals surface area contributed by atoms with Crippen LogP contribution in [0, 0.1) is 6.92 Å². The Labute approximate surface area is 121 Å². The molecule has 5 heteroatoms. The summed E-state index contributed by atoms with van der Waals surface area (Å²) in [6, 6.07) is 14.8. The molecular formula is C16H15N3O2. The topological polar surface area (TPSA) is 70.1 Å². The van der Waals surface area contributed by atoms with Crippen molar-refractivity contribution in [2.45, 2.75) is 13.5 Å².